The predicted octanol–water partition coefficient (Wildman–Crippen LogP) is 6.50. The Balaban J connectivity index is 1.51. The van der Waals surface area contributed by atoms with Crippen molar-refractivity contribution in [2.24, 2.45) is 0 Å². The summed E-state index contributed by atoms with van der Waals surface area (Å²) in [7, 11) is 1.63. The lowest BCUT2D eigenvalue weighted by atomic mass is 10.0. The van der Waals surface area contributed by atoms with E-state index in [9.17, 15) is 4.79 Å². The van der Waals surface area contributed by atoms with Gasteiger partial charge in [0.25, 0.3) is 0 Å². The van der Waals surface area contributed by atoms with E-state index in [4.69, 9.17) is 9.47 Å². The normalized spacial score (nSPS) is 14.5. The summed E-state index contributed by atoms with van der Waals surface area (Å²) >= 11 is 0. The topological polar surface area (TPSA) is 35.5 Å². The lowest BCUT2D eigenvalue weighted by Gasteiger charge is -2.09. The summed E-state index contributed by atoms with van der Waals surface area (Å²) < 4.78 is 11.1. The monoisotopic (exact) mass is 404 g/mol. The first-order valence-corrected chi connectivity index (χ1v) is 10.1. The molecule has 0 radical (unpaired) electrons. The molecule has 0 fully saturated rings. The average Bonchev–Trinajstić information content (AvgIpc) is 3.20. The van der Waals surface area contributed by atoms with Crippen LogP contribution in [0.2, 0.25) is 0 Å². The lowest BCUT2D eigenvalue weighted by Crippen LogP contribution is -1.98. The number of hydrogen-bond donors (Lipinski definition) is 0. The van der Waals surface area contributed by atoms with Gasteiger partial charge in [-0.25, -0.2) is 4.79 Å². The van der Waals surface area contributed by atoms with Crippen molar-refractivity contribution >= 4 is 28.6 Å². The molecule has 4 aromatic rings. The summed E-state index contributed by atoms with van der Waals surface area (Å²) in [5.74, 6) is 0.903. The molecule has 0 unspecified atom stereocenters. The molecule has 0 amide bonds. The molecule has 0 aromatic heterocycles. The Morgan fingerprint density at radius 1 is 0.742 bits per heavy atom. The van der Waals surface area contributed by atoms with Gasteiger partial charge >= 0.3 is 5.97 Å². The van der Waals surface area contributed by atoms with Crippen LogP contribution in [0.4, 0.5) is 0 Å². The second kappa shape index (κ2) is 7.96. The van der Waals surface area contributed by atoms with Crippen molar-refractivity contribution in [3.05, 3.63) is 114 Å². The minimum atomic E-state index is -0.364. The van der Waals surface area contributed by atoms with Gasteiger partial charge in [0.15, 0.2) is 0 Å². The highest BCUT2D eigenvalue weighted by atomic mass is 16.5. The van der Waals surface area contributed by atoms with Crippen LogP contribution in [-0.4, -0.2) is 13.1 Å². The molecule has 0 atom stereocenters. The summed E-state index contributed by atoms with van der Waals surface area (Å²) in [6.07, 6.45) is 3.63. The molecular formula is C28H20O3. The van der Waals surface area contributed by atoms with E-state index >= 15 is 0 Å². The molecule has 150 valence electrons. The van der Waals surface area contributed by atoms with Gasteiger partial charge in [0.1, 0.15) is 11.5 Å². The van der Waals surface area contributed by atoms with Crippen molar-refractivity contribution in [3.63, 3.8) is 0 Å². The standard InChI is InChI=1S/C28H20O3/c1-30-26-16-15-21-9-5-6-10-24(21)25(26)17-23-18-27(31-28(23)29)22-13-11-20(12-14-22)19-7-3-2-4-8-19/h2-18H,1H3/b23-17+. The van der Waals surface area contributed by atoms with Gasteiger partial charge in [-0.1, -0.05) is 84.9 Å². The smallest absolute Gasteiger partial charge is 0.343 e. The molecule has 5 rings (SSSR count). The van der Waals surface area contributed by atoms with Gasteiger partial charge in [-0.3, -0.25) is 0 Å². The first-order chi connectivity index (χ1) is 15.2. The molecule has 4 aromatic carbocycles. The third kappa shape index (κ3) is 3.62. The summed E-state index contributed by atoms with van der Waals surface area (Å²) in [5.41, 5.74) is 4.49. The quantitative estimate of drug-likeness (QED) is 0.288. The van der Waals surface area contributed by atoms with Crippen molar-refractivity contribution in [1.82, 2.24) is 0 Å². The van der Waals surface area contributed by atoms with Crippen LogP contribution in [0, 0.1) is 0 Å². The molecule has 0 saturated carbocycles. The maximum Gasteiger partial charge on any atom is 0.343 e. The summed E-state index contributed by atoms with van der Waals surface area (Å²) in [6, 6.07) is 30.2. The third-order valence-electron chi connectivity index (χ3n) is 5.45. The van der Waals surface area contributed by atoms with E-state index in [0.717, 1.165) is 33.0 Å². The van der Waals surface area contributed by atoms with Crippen molar-refractivity contribution < 1.29 is 14.3 Å². The second-order valence-electron chi connectivity index (χ2n) is 7.34. The first-order valence-electron chi connectivity index (χ1n) is 10.1. The summed E-state index contributed by atoms with van der Waals surface area (Å²) in [6.45, 7) is 0. The molecule has 1 heterocycles. The summed E-state index contributed by atoms with van der Waals surface area (Å²) in [4.78, 5) is 12.6. The Morgan fingerprint density at radius 3 is 2.19 bits per heavy atom. The van der Waals surface area contributed by atoms with Crippen LogP contribution in [0.15, 0.2) is 103 Å². The van der Waals surface area contributed by atoms with Crippen molar-refractivity contribution in [3.8, 4) is 16.9 Å². The van der Waals surface area contributed by atoms with E-state index in [0.29, 0.717) is 17.1 Å². The van der Waals surface area contributed by atoms with Crippen LogP contribution >= 0.6 is 0 Å². The molecule has 1 aliphatic heterocycles. The fourth-order valence-electron chi connectivity index (χ4n) is 3.85. The average molecular weight is 404 g/mol. The van der Waals surface area contributed by atoms with Gasteiger partial charge in [0, 0.05) is 11.1 Å². The molecule has 0 spiro atoms. The van der Waals surface area contributed by atoms with E-state index in [1.54, 1.807) is 13.2 Å². The lowest BCUT2D eigenvalue weighted by molar-refractivity contribution is -0.130. The zero-order valence-corrected chi connectivity index (χ0v) is 17.0. The molecule has 0 N–H and O–H groups in total. The highest BCUT2D eigenvalue weighted by molar-refractivity contribution is 6.07. The molecule has 0 saturated heterocycles. The molecule has 3 heteroatoms. The number of ether oxygens (including phenoxy) is 2. The van der Waals surface area contributed by atoms with Gasteiger partial charge in [0.05, 0.1) is 12.7 Å². The minimum Gasteiger partial charge on any atom is -0.496 e. The van der Waals surface area contributed by atoms with Crippen molar-refractivity contribution in [2.75, 3.05) is 7.11 Å². The highest BCUT2D eigenvalue weighted by Crippen LogP contribution is 2.34. The zero-order chi connectivity index (χ0) is 21.2. The van der Waals surface area contributed by atoms with Crippen molar-refractivity contribution in [2.45, 2.75) is 0 Å². The number of fused-ring (bicyclic) bond motifs is 1. The number of carbonyl (C=O) groups is 1. The number of benzene rings is 4. The number of cyclic esters (lactones) is 1. The maximum atomic E-state index is 12.6. The fraction of sp³-hybridized carbons (Fsp3) is 0.0357. The predicted molar refractivity (Wildman–Crippen MR) is 124 cm³/mol. The Hall–Kier alpha value is -4.11. The molecule has 0 aliphatic carbocycles. The van der Waals surface area contributed by atoms with E-state index in [1.165, 1.54) is 0 Å². The Morgan fingerprint density at radius 2 is 1.42 bits per heavy atom. The molecule has 3 nitrogen and oxygen atoms in total. The van der Waals surface area contributed by atoms with E-state index in [1.807, 2.05) is 84.9 Å². The van der Waals surface area contributed by atoms with Gasteiger partial charge in [0.2, 0.25) is 0 Å². The van der Waals surface area contributed by atoms with Crippen molar-refractivity contribution in [1.29, 1.82) is 0 Å². The second-order valence-corrected chi connectivity index (χ2v) is 7.34. The number of carbonyl (C=O) groups excluding carboxylic acids is 1. The molecular weight excluding hydrogens is 384 g/mol. The first kappa shape index (κ1) is 18.9. The van der Waals surface area contributed by atoms with Crippen LogP contribution in [0.1, 0.15) is 11.1 Å². The number of hydrogen-bond acceptors (Lipinski definition) is 3. The Kier molecular flexibility index (Phi) is 4.85. The largest absolute Gasteiger partial charge is 0.496 e. The van der Waals surface area contributed by atoms with Crippen LogP contribution in [0.3, 0.4) is 0 Å². The number of methoxy groups -OCH3 is 1. The Bertz CT molecular complexity index is 1330. The van der Waals surface area contributed by atoms with Gasteiger partial charge in [-0.05, 0) is 40.1 Å². The van der Waals surface area contributed by atoms with Crippen LogP contribution < -0.4 is 4.74 Å². The molecule has 1 aliphatic rings. The highest BCUT2D eigenvalue weighted by Gasteiger charge is 2.23. The van der Waals surface area contributed by atoms with Gasteiger partial charge < -0.3 is 9.47 Å². The van der Waals surface area contributed by atoms with E-state index < -0.39 is 0 Å². The van der Waals surface area contributed by atoms with Crippen LogP contribution in [-0.2, 0) is 9.53 Å². The van der Waals surface area contributed by atoms with Crippen LogP contribution in [0.25, 0.3) is 33.7 Å². The maximum absolute atomic E-state index is 12.6. The van der Waals surface area contributed by atoms with E-state index in [-0.39, 0.29) is 5.97 Å². The SMILES string of the molecule is COc1ccc2ccccc2c1/C=C1\C=C(c2ccc(-c3ccccc3)cc2)OC1=O. The van der Waals surface area contributed by atoms with Gasteiger partial charge in [-0.15, -0.1) is 0 Å². The molecule has 0 bridgehead atoms. The zero-order valence-electron chi connectivity index (χ0n) is 17.0. The number of esters is 1. The third-order valence-corrected chi connectivity index (χ3v) is 5.45. The van der Waals surface area contributed by atoms with Crippen LogP contribution in [0.5, 0.6) is 5.75 Å². The Labute approximate surface area is 180 Å². The van der Waals surface area contributed by atoms with Gasteiger partial charge in [-0.2, -0.15) is 0 Å². The minimum absolute atomic E-state index is 0.364. The fourth-order valence-corrected chi connectivity index (χ4v) is 3.85. The number of rotatable bonds is 4. The summed E-state index contributed by atoms with van der Waals surface area (Å²) in [5, 5.41) is 2.11. The molecule has 31 heavy (non-hydrogen) atoms. The van der Waals surface area contributed by atoms with E-state index in [2.05, 4.69) is 12.1 Å².